The molecular formula is C22H22N2O3S2. The zero-order chi connectivity index (χ0) is 21.2. The van der Waals surface area contributed by atoms with Crippen molar-refractivity contribution in [2.24, 2.45) is 4.99 Å². The van der Waals surface area contributed by atoms with Gasteiger partial charge in [0, 0.05) is 6.26 Å². The van der Waals surface area contributed by atoms with Crippen molar-refractivity contribution in [1.29, 1.82) is 0 Å². The van der Waals surface area contributed by atoms with Crippen LogP contribution in [0.25, 0.3) is 10.2 Å². The summed E-state index contributed by atoms with van der Waals surface area (Å²) < 4.78 is 26.0. The second-order valence-corrected chi connectivity index (χ2v) is 10.2. The number of fused-ring (bicyclic) bond motifs is 1. The van der Waals surface area contributed by atoms with Crippen LogP contribution in [0.15, 0.2) is 52.4 Å². The largest absolute Gasteiger partial charge is 0.305 e. The first-order valence-electron chi connectivity index (χ1n) is 9.12. The van der Waals surface area contributed by atoms with Crippen molar-refractivity contribution in [3.63, 3.8) is 0 Å². The quantitative estimate of drug-likeness (QED) is 0.586. The fraction of sp³-hybridized carbons (Fsp3) is 0.273. The van der Waals surface area contributed by atoms with Crippen LogP contribution in [0.2, 0.25) is 0 Å². The molecular weight excluding hydrogens is 404 g/mol. The first kappa shape index (κ1) is 21.0. The van der Waals surface area contributed by atoms with Crippen molar-refractivity contribution in [3.8, 4) is 12.3 Å². The summed E-state index contributed by atoms with van der Waals surface area (Å²) in [6.45, 7) is 4.60. The van der Waals surface area contributed by atoms with Gasteiger partial charge in [-0.1, -0.05) is 49.3 Å². The van der Waals surface area contributed by atoms with E-state index in [9.17, 15) is 13.2 Å². The van der Waals surface area contributed by atoms with Gasteiger partial charge in [0.25, 0.3) is 5.91 Å². The third kappa shape index (κ3) is 4.84. The predicted molar refractivity (Wildman–Crippen MR) is 117 cm³/mol. The number of benzene rings is 2. The van der Waals surface area contributed by atoms with E-state index in [0.29, 0.717) is 22.8 Å². The van der Waals surface area contributed by atoms with Crippen LogP contribution in [0.3, 0.4) is 0 Å². The lowest BCUT2D eigenvalue weighted by atomic mass is 10.0. The minimum absolute atomic E-state index is 0.0889. The second-order valence-electron chi connectivity index (χ2n) is 7.16. The summed E-state index contributed by atoms with van der Waals surface area (Å²) in [5.74, 6) is 2.72. The van der Waals surface area contributed by atoms with Gasteiger partial charge in [0.2, 0.25) is 0 Å². The average molecular weight is 427 g/mol. The number of terminal acetylenes is 1. The number of thiazole rings is 1. The highest BCUT2D eigenvalue weighted by Crippen LogP contribution is 2.23. The number of carbonyl (C=O) groups excluding carboxylic acids is 1. The van der Waals surface area contributed by atoms with Crippen molar-refractivity contribution in [2.75, 3.05) is 6.26 Å². The van der Waals surface area contributed by atoms with Gasteiger partial charge in [0.05, 0.1) is 28.1 Å². The number of rotatable bonds is 5. The molecule has 5 nitrogen and oxygen atoms in total. The molecule has 29 heavy (non-hydrogen) atoms. The van der Waals surface area contributed by atoms with Crippen LogP contribution >= 0.6 is 11.3 Å². The molecule has 0 spiro atoms. The van der Waals surface area contributed by atoms with E-state index in [-0.39, 0.29) is 17.2 Å². The van der Waals surface area contributed by atoms with E-state index >= 15 is 0 Å². The molecule has 0 N–H and O–H groups in total. The summed E-state index contributed by atoms with van der Waals surface area (Å²) in [5, 5.41) is 0. The van der Waals surface area contributed by atoms with Gasteiger partial charge in [0.1, 0.15) is 0 Å². The number of aromatic nitrogens is 1. The van der Waals surface area contributed by atoms with E-state index < -0.39 is 9.84 Å². The maximum absolute atomic E-state index is 12.5. The van der Waals surface area contributed by atoms with Gasteiger partial charge < -0.3 is 4.57 Å². The maximum Gasteiger partial charge on any atom is 0.252 e. The summed E-state index contributed by atoms with van der Waals surface area (Å²) in [6.07, 6.45) is 6.76. The minimum Gasteiger partial charge on any atom is -0.305 e. The number of hydrogen-bond donors (Lipinski definition) is 0. The molecule has 0 radical (unpaired) electrons. The van der Waals surface area contributed by atoms with Crippen LogP contribution < -0.4 is 4.80 Å². The van der Waals surface area contributed by atoms with E-state index in [0.717, 1.165) is 16.5 Å². The molecule has 0 aliphatic rings. The van der Waals surface area contributed by atoms with E-state index in [1.165, 1.54) is 29.0 Å². The first-order valence-corrected chi connectivity index (χ1v) is 11.8. The van der Waals surface area contributed by atoms with Gasteiger partial charge in [-0.05, 0) is 41.3 Å². The fourth-order valence-corrected chi connectivity index (χ4v) is 4.68. The molecule has 1 heterocycles. The zero-order valence-corrected chi connectivity index (χ0v) is 18.2. The van der Waals surface area contributed by atoms with Gasteiger partial charge in [-0.3, -0.25) is 4.79 Å². The Morgan fingerprint density at radius 3 is 2.48 bits per heavy atom. The Bertz CT molecular complexity index is 1270. The van der Waals surface area contributed by atoms with E-state index in [4.69, 9.17) is 6.42 Å². The smallest absolute Gasteiger partial charge is 0.252 e. The minimum atomic E-state index is -3.26. The van der Waals surface area contributed by atoms with Crippen molar-refractivity contribution in [2.45, 2.75) is 37.6 Å². The van der Waals surface area contributed by atoms with Crippen LogP contribution in [0.5, 0.6) is 0 Å². The molecule has 0 saturated heterocycles. The number of hydrogen-bond acceptors (Lipinski definition) is 4. The Morgan fingerprint density at radius 2 is 1.90 bits per heavy atom. The Morgan fingerprint density at radius 1 is 1.21 bits per heavy atom. The monoisotopic (exact) mass is 426 g/mol. The third-order valence-electron chi connectivity index (χ3n) is 4.55. The standard InChI is InChI=1S/C22H22N2O3S2/c1-5-12-24-19-11-8-17(15(2)3)14-20(19)28-22(24)23-21(25)13-16-6-9-18(10-7-16)29(4,26)27/h1,6-11,14-15H,12-13H2,2-4H3. The summed E-state index contributed by atoms with van der Waals surface area (Å²) in [4.78, 5) is 17.6. The summed E-state index contributed by atoms with van der Waals surface area (Å²) in [5.41, 5.74) is 2.88. The zero-order valence-electron chi connectivity index (χ0n) is 16.5. The molecule has 2 aromatic carbocycles. The number of sulfone groups is 1. The molecule has 0 atom stereocenters. The Balaban J connectivity index is 1.95. The van der Waals surface area contributed by atoms with Crippen molar-refractivity contribution < 1.29 is 13.2 Å². The molecule has 0 unspecified atom stereocenters. The molecule has 7 heteroatoms. The third-order valence-corrected chi connectivity index (χ3v) is 6.72. The van der Waals surface area contributed by atoms with Gasteiger partial charge in [-0.25, -0.2) is 8.42 Å². The van der Waals surface area contributed by atoms with Crippen LogP contribution in [0, 0.1) is 12.3 Å². The molecule has 0 saturated carbocycles. The molecule has 3 aromatic rings. The van der Waals surface area contributed by atoms with E-state index in [1.807, 2.05) is 10.6 Å². The van der Waals surface area contributed by atoms with Crippen LogP contribution in [0.4, 0.5) is 0 Å². The Kier molecular flexibility index (Phi) is 6.06. The maximum atomic E-state index is 12.5. The molecule has 1 aromatic heterocycles. The molecule has 0 bridgehead atoms. The number of amides is 1. The second kappa shape index (κ2) is 8.36. The molecule has 0 fully saturated rings. The van der Waals surface area contributed by atoms with Crippen LogP contribution in [0.1, 0.15) is 30.9 Å². The number of carbonyl (C=O) groups is 1. The first-order chi connectivity index (χ1) is 13.7. The Hall–Kier alpha value is -2.69. The highest BCUT2D eigenvalue weighted by Gasteiger charge is 2.11. The summed E-state index contributed by atoms with van der Waals surface area (Å²) >= 11 is 1.44. The van der Waals surface area contributed by atoms with Crippen molar-refractivity contribution in [1.82, 2.24) is 4.57 Å². The molecule has 150 valence electrons. The van der Waals surface area contributed by atoms with Gasteiger partial charge in [0.15, 0.2) is 14.6 Å². The lowest BCUT2D eigenvalue weighted by Crippen LogP contribution is -2.17. The Labute approximate surface area is 174 Å². The lowest BCUT2D eigenvalue weighted by molar-refractivity contribution is -0.117. The normalized spacial score (nSPS) is 12.4. The van der Waals surface area contributed by atoms with Crippen molar-refractivity contribution in [3.05, 3.63) is 58.4 Å². The summed E-state index contributed by atoms with van der Waals surface area (Å²) in [6, 6.07) is 12.5. The van der Waals surface area contributed by atoms with Gasteiger partial charge in [-0.2, -0.15) is 4.99 Å². The number of nitrogens with zero attached hydrogens (tertiary/aromatic N) is 2. The highest BCUT2D eigenvalue weighted by molar-refractivity contribution is 7.90. The highest BCUT2D eigenvalue weighted by atomic mass is 32.2. The predicted octanol–water partition coefficient (Wildman–Crippen LogP) is 3.53. The van der Waals surface area contributed by atoms with Crippen LogP contribution in [-0.2, 0) is 27.6 Å². The van der Waals surface area contributed by atoms with Gasteiger partial charge in [-0.15, -0.1) is 6.42 Å². The van der Waals surface area contributed by atoms with E-state index in [2.05, 4.69) is 36.9 Å². The SMILES string of the molecule is C#CCn1c(=NC(=O)Cc2ccc(S(C)(=O)=O)cc2)sc2cc(C(C)C)ccc21. The van der Waals surface area contributed by atoms with Crippen LogP contribution in [-0.4, -0.2) is 25.1 Å². The summed E-state index contributed by atoms with van der Waals surface area (Å²) in [7, 11) is -3.26. The molecule has 0 aliphatic heterocycles. The lowest BCUT2D eigenvalue weighted by Gasteiger charge is -2.05. The fourth-order valence-electron chi connectivity index (χ4n) is 2.95. The van der Waals surface area contributed by atoms with Gasteiger partial charge >= 0.3 is 0 Å². The van der Waals surface area contributed by atoms with Crippen molar-refractivity contribution >= 4 is 37.3 Å². The molecule has 3 rings (SSSR count). The van der Waals surface area contributed by atoms with E-state index in [1.54, 1.807) is 12.1 Å². The molecule has 0 aliphatic carbocycles. The average Bonchev–Trinajstić information content (AvgIpc) is 2.98. The molecule has 1 amide bonds. The topological polar surface area (TPSA) is 68.5 Å².